The molecule has 2 heterocycles. The number of halogens is 3. The molecule has 1 amide bonds. The first-order valence-corrected chi connectivity index (χ1v) is 5.22. The van der Waals surface area contributed by atoms with Gasteiger partial charge in [-0.05, 0) is 19.1 Å². The van der Waals surface area contributed by atoms with Crippen LogP contribution in [0.2, 0.25) is 0 Å². The van der Waals surface area contributed by atoms with Crippen molar-refractivity contribution in [3.8, 4) is 0 Å². The van der Waals surface area contributed by atoms with Gasteiger partial charge in [0, 0.05) is 5.69 Å². The number of rotatable bonds is 2. The van der Waals surface area contributed by atoms with E-state index in [1.54, 1.807) is 6.92 Å². The van der Waals surface area contributed by atoms with Gasteiger partial charge in [0.1, 0.15) is 5.69 Å². The average Bonchev–Trinajstić information content (AvgIpc) is 2.75. The van der Waals surface area contributed by atoms with Gasteiger partial charge in [-0.25, -0.2) is 4.98 Å². The van der Waals surface area contributed by atoms with Crippen molar-refractivity contribution in [2.75, 3.05) is 5.32 Å². The fourth-order valence-electron chi connectivity index (χ4n) is 1.41. The van der Waals surface area contributed by atoms with Crippen molar-refractivity contribution in [1.29, 1.82) is 0 Å². The average molecular weight is 270 g/mol. The molecular weight excluding hydrogens is 261 g/mol. The molecule has 0 aromatic carbocycles. The summed E-state index contributed by atoms with van der Waals surface area (Å²) in [6, 6.07) is 1.95. The van der Waals surface area contributed by atoms with Crippen molar-refractivity contribution in [3.05, 3.63) is 41.5 Å². The summed E-state index contributed by atoms with van der Waals surface area (Å²) >= 11 is 0. The molecule has 19 heavy (non-hydrogen) atoms. The molecule has 2 N–H and O–H groups in total. The minimum absolute atomic E-state index is 0.179. The predicted molar refractivity (Wildman–Crippen MR) is 60.5 cm³/mol. The molecule has 100 valence electrons. The molecule has 2 rings (SSSR count). The second kappa shape index (κ2) is 4.71. The third-order valence-electron chi connectivity index (χ3n) is 2.39. The molecule has 0 spiro atoms. The fraction of sp³-hybridized carbons (Fsp3) is 0.182. The van der Waals surface area contributed by atoms with Crippen LogP contribution in [0.25, 0.3) is 0 Å². The maximum absolute atomic E-state index is 12.3. The van der Waals surface area contributed by atoms with Crippen LogP contribution in [-0.2, 0) is 6.18 Å². The Hall–Kier alpha value is -2.38. The number of alkyl halides is 3. The van der Waals surface area contributed by atoms with E-state index in [1.165, 1.54) is 6.20 Å². The summed E-state index contributed by atoms with van der Waals surface area (Å²) in [5, 5.41) is 8.70. The molecule has 0 saturated heterocycles. The number of aromatic nitrogens is 3. The first-order valence-electron chi connectivity index (χ1n) is 5.22. The van der Waals surface area contributed by atoms with Crippen molar-refractivity contribution in [3.63, 3.8) is 0 Å². The van der Waals surface area contributed by atoms with E-state index in [0.717, 1.165) is 18.3 Å². The predicted octanol–water partition coefficient (Wildman–Crippen LogP) is 2.38. The second-order valence-electron chi connectivity index (χ2n) is 3.79. The molecule has 0 unspecified atom stereocenters. The zero-order valence-electron chi connectivity index (χ0n) is 9.75. The number of nitrogens with one attached hydrogen (secondary N) is 2. The summed E-state index contributed by atoms with van der Waals surface area (Å²) in [4.78, 5) is 15.0. The molecule has 0 bridgehead atoms. The Balaban J connectivity index is 2.12. The first-order chi connectivity index (χ1) is 8.88. The number of anilines is 1. The number of carbonyl (C=O) groups excluding carboxylic acids is 1. The highest BCUT2D eigenvalue weighted by molar-refractivity contribution is 6.04. The number of aryl methyl sites for hydroxylation is 1. The number of hydrogen-bond acceptors (Lipinski definition) is 3. The Kier molecular flexibility index (Phi) is 3.24. The van der Waals surface area contributed by atoms with Gasteiger partial charge < -0.3 is 5.32 Å². The van der Waals surface area contributed by atoms with Crippen LogP contribution >= 0.6 is 0 Å². The quantitative estimate of drug-likeness (QED) is 0.880. The molecule has 0 aliphatic rings. The molecule has 0 radical (unpaired) electrons. The Bertz CT molecular complexity index is 589. The summed E-state index contributed by atoms with van der Waals surface area (Å²) in [7, 11) is 0. The molecule has 0 aliphatic carbocycles. The van der Waals surface area contributed by atoms with Crippen molar-refractivity contribution in [1.82, 2.24) is 15.2 Å². The van der Waals surface area contributed by atoms with Crippen LogP contribution in [0.5, 0.6) is 0 Å². The van der Waals surface area contributed by atoms with E-state index in [-0.39, 0.29) is 5.69 Å². The highest BCUT2D eigenvalue weighted by Crippen LogP contribution is 2.27. The number of hydrogen-bond donors (Lipinski definition) is 2. The lowest BCUT2D eigenvalue weighted by Gasteiger charge is -2.07. The molecule has 2 aromatic heterocycles. The van der Waals surface area contributed by atoms with Crippen molar-refractivity contribution in [2.45, 2.75) is 13.1 Å². The molecule has 2 aromatic rings. The number of aromatic amines is 1. The molecule has 0 fully saturated rings. The standard InChI is InChI=1S/C11H9F3N4O/c1-6-8(5-16-18-6)10(19)17-7-2-3-9(15-4-7)11(12,13)14/h2-5H,1H3,(H,16,18)(H,17,19). The van der Waals surface area contributed by atoms with Gasteiger partial charge in [0.25, 0.3) is 5.91 Å². The summed E-state index contributed by atoms with van der Waals surface area (Å²) in [6.07, 6.45) is -2.21. The summed E-state index contributed by atoms with van der Waals surface area (Å²) < 4.78 is 36.9. The van der Waals surface area contributed by atoms with Gasteiger partial charge in [0.05, 0.1) is 23.6 Å². The summed E-state index contributed by atoms with van der Waals surface area (Å²) in [5.74, 6) is -0.465. The van der Waals surface area contributed by atoms with Gasteiger partial charge in [-0.2, -0.15) is 18.3 Å². The minimum atomic E-state index is -4.50. The fourth-order valence-corrected chi connectivity index (χ4v) is 1.41. The Morgan fingerprint density at radius 2 is 2.05 bits per heavy atom. The largest absolute Gasteiger partial charge is 0.433 e. The van der Waals surface area contributed by atoms with Crippen LogP contribution in [-0.4, -0.2) is 21.1 Å². The van der Waals surface area contributed by atoms with Gasteiger partial charge in [-0.15, -0.1) is 0 Å². The molecule has 0 saturated carbocycles. The zero-order valence-corrected chi connectivity index (χ0v) is 9.75. The van der Waals surface area contributed by atoms with Gasteiger partial charge in [-0.3, -0.25) is 9.89 Å². The van der Waals surface area contributed by atoms with Crippen LogP contribution in [0.15, 0.2) is 24.5 Å². The maximum Gasteiger partial charge on any atom is 0.433 e. The van der Waals surface area contributed by atoms with Gasteiger partial charge in [-0.1, -0.05) is 0 Å². The third kappa shape index (κ3) is 2.90. The van der Waals surface area contributed by atoms with Gasteiger partial charge >= 0.3 is 6.18 Å². The summed E-state index contributed by atoms with van der Waals surface area (Å²) in [6.45, 7) is 1.66. The lowest BCUT2D eigenvalue weighted by atomic mass is 10.2. The molecule has 5 nitrogen and oxygen atoms in total. The number of H-pyrrole nitrogens is 1. The summed E-state index contributed by atoms with van der Waals surface area (Å²) in [5.41, 5.74) is 0.0564. The molecular formula is C11H9F3N4O. The SMILES string of the molecule is Cc1[nH]ncc1C(=O)Nc1ccc(C(F)(F)F)nc1. The van der Waals surface area contributed by atoms with Crippen LogP contribution in [0.4, 0.5) is 18.9 Å². The van der Waals surface area contributed by atoms with Crippen LogP contribution in [0, 0.1) is 6.92 Å². The normalized spacial score (nSPS) is 11.4. The monoisotopic (exact) mass is 270 g/mol. The van der Waals surface area contributed by atoms with E-state index in [1.807, 2.05) is 0 Å². The van der Waals surface area contributed by atoms with Crippen molar-refractivity contribution in [2.24, 2.45) is 0 Å². The van der Waals surface area contributed by atoms with E-state index >= 15 is 0 Å². The van der Waals surface area contributed by atoms with Gasteiger partial charge in [0.2, 0.25) is 0 Å². The van der Waals surface area contributed by atoms with Gasteiger partial charge in [0.15, 0.2) is 0 Å². The van der Waals surface area contributed by atoms with Crippen molar-refractivity contribution < 1.29 is 18.0 Å². The lowest BCUT2D eigenvalue weighted by Crippen LogP contribution is -2.13. The highest BCUT2D eigenvalue weighted by atomic mass is 19.4. The van der Waals surface area contributed by atoms with Crippen LogP contribution in [0.1, 0.15) is 21.7 Å². The second-order valence-corrected chi connectivity index (χ2v) is 3.79. The number of pyridine rings is 1. The Labute approximate surface area is 105 Å². The minimum Gasteiger partial charge on any atom is -0.320 e. The number of amides is 1. The highest BCUT2D eigenvalue weighted by Gasteiger charge is 2.32. The van der Waals surface area contributed by atoms with Crippen LogP contribution in [0.3, 0.4) is 0 Å². The molecule has 0 atom stereocenters. The van der Waals surface area contributed by atoms with E-state index in [2.05, 4.69) is 20.5 Å². The number of carbonyl (C=O) groups is 1. The van der Waals surface area contributed by atoms with Crippen LogP contribution < -0.4 is 5.32 Å². The maximum atomic E-state index is 12.3. The van der Waals surface area contributed by atoms with E-state index in [4.69, 9.17) is 0 Å². The van der Waals surface area contributed by atoms with E-state index in [0.29, 0.717) is 11.3 Å². The Morgan fingerprint density at radius 3 is 2.53 bits per heavy atom. The van der Waals surface area contributed by atoms with E-state index in [9.17, 15) is 18.0 Å². The topological polar surface area (TPSA) is 70.7 Å². The number of nitrogens with zero attached hydrogens (tertiary/aromatic N) is 2. The Morgan fingerprint density at radius 1 is 1.32 bits per heavy atom. The third-order valence-corrected chi connectivity index (χ3v) is 2.39. The zero-order chi connectivity index (χ0) is 14.0. The first kappa shape index (κ1) is 13.1. The lowest BCUT2D eigenvalue weighted by molar-refractivity contribution is -0.141. The molecule has 0 aliphatic heterocycles. The van der Waals surface area contributed by atoms with E-state index < -0.39 is 17.8 Å². The smallest absolute Gasteiger partial charge is 0.320 e. The van der Waals surface area contributed by atoms with Crippen molar-refractivity contribution >= 4 is 11.6 Å². The molecule has 8 heteroatoms.